The Kier molecular flexibility index (Phi) is 19.3. The van der Waals surface area contributed by atoms with E-state index < -0.39 is 6.09 Å². The second-order valence-corrected chi connectivity index (χ2v) is 2.82. The van der Waals surface area contributed by atoms with Crippen LogP contribution in [0.1, 0.15) is 41.0 Å². The predicted molar refractivity (Wildman–Crippen MR) is 58.1 cm³/mol. The first-order valence-corrected chi connectivity index (χ1v) is 4.73. The second kappa shape index (κ2) is 14.5. The van der Waals surface area contributed by atoms with E-state index in [9.17, 15) is 9.59 Å². The van der Waals surface area contributed by atoms with Gasteiger partial charge in [0, 0.05) is 6.42 Å². The highest BCUT2D eigenvalue weighted by Gasteiger charge is 1.95. The normalized spacial score (nSPS) is 7.64. The van der Waals surface area contributed by atoms with E-state index in [2.05, 4.69) is 10.5 Å². The van der Waals surface area contributed by atoms with Crippen molar-refractivity contribution < 1.29 is 14.3 Å². The molecule has 0 aromatic carbocycles. The van der Waals surface area contributed by atoms with Crippen molar-refractivity contribution in [2.45, 2.75) is 41.0 Å². The lowest BCUT2D eigenvalue weighted by atomic mass is 10.1. The molecule has 0 aliphatic heterocycles. The molecule has 4 heteroatoms. The first kappa shape index (κ1) is 18.7. The van der Waals surface area contributed by atoms with Crippen LogP contribution >= 0.6 is 0 Å². The van der Waals surface area contributed by atoms with E-state index in [0.29, 0.717) is 5.92 Å². The summed E-state index contributed by atoms with van der Waals surface area (Å²) >= 11 is 0. The van der Waals surface area contributed by atoms with E-state index in [0.717, 1.165) is 6.42 Å². The van der Waals surface area contributed by atoms with Crippen LogP contribution in [0.25, 0.3) is 0 Å². The summed E-state index contributed by atoms with van der Waals surface area (Å²) < 4.78 is 3.89. The Labute approximate surface area is 86.8 Å². The SMILES string of the molecule is CC.CC(=O)CC(C)C.COC(N)=O. The summed E-state index contributed by atoms with van der Waals surface area (Å²) in [5, 5.41) is 0. The molecule has 0 spiro atoms. The molecular weight excluding hydrogens is 182 g/mol. The number of carbonyl (C=O) groups is 2. The van der Waals surface area contributed by atoms with Gasteiger partial charge >= 0.3 is 6.09 Å². The molecule has 0 unspecified atom stereocenters. The average molecular weight is 205 g/mol. The smallest absolute Gasteiger partial charge is 0.404 e. The van der Waals surface area contributed by atoms with Gasteiger partial charge in [0.05, 0.1) is 7.11 Å². The Hall–Kier alpha value is -1.06. The predicted octanol–water partition coefficient (Wildman–Crippen LogP) is 2.36. The Morgan fingerprint density at radius 3 is 1.57 bits per heavy atom. The molecule has 0 fully saturated rings. The maximum absolute atomic E-state index is 10.3. The van der Waals surface area contributed by atoms with Gasteiger partial charge in [-0.15, -0.1) is 0 Å². The number of methoxy groups -OCH3 is 1. The van der Waals surface area contributed by atoms with E-state index in [1.807, 2.05) is 27.7 Å². The summed E-state index contributed by atoms with van der Waals surface area (Å²) in [5.74, 6) is 0.813. The summed E-state index contributed by atoms with van der Waals surface area (Å²) in [6.07, 6.45) is -0.0231. The van der Waals surface area contributed by atoms with E-state index in [-0.39, 0.29) is 5.78 Å². The van der Waals surface area contributed by atoms with Crippen LogP contribution in [0.3, 0.4) is 0 Å². The van der Waals surface area contributed by atoms with Gasteiger partial charge in [-0.25, -0.2) is 4.79 Å². The number of hydrogen-bond donors (Lipinski definition) is 1. The average Bonchev–Trinajstić information content (AvgIpc) is 2.06. The molecule has 0 radical (unpaired) electrons. The number of Topliss-reactive ketones (excluding diaryl/α,β-unsaturated/α-hetero) is 1. The van der Waals surface area contributed by atoms with Crippen LogP contribution in [-0.2, 0) is 9.53 Å². The molecule has 0 aromatic rings. The molecule has 2 N–H and O–H groups in total. The van der Waals surface area contributed by atoms with Gasteiger partial charge in [0.2, 0.25) is 0 Å². The third-order valence-electron chi connectivity index (χ3n) is 0.897. The van der Waals surface area contributed by atoms with E-state index in [1.54, 1.807) is 6.92 Å². The fraction of sp³-hybridized carbons (Fsp3) is 0.800. The molecule has 0 rings (SSSR count). The summed E-state index contributed by atoms with van der Waals surface area (Å²) in [6, 6.07) is 0. The third kappa shape index (κ3) is 44.3. The van der Waals surface area contributed by atoms with Crippen LogP contribution in [0.15, 0.2) is 0 Å². The van der Waals surface area contributed by atoms with Crippen molar-refractivity contribution in [3.8, 4) is 0 Å². The van der Waals surface area contributed by atoms with Gasteiger partial charge in [0.15, 0.2) is 0 Å². The molecule has 86 valence electrons. The number of carbonyl (C=O) groups excluding carboxylic acids is 2. The number of hydrogen-bond acceptors (Lipinski definition) is 3. The molecule has 4 nitrogen and oxygen atoms in total. The monoisotopic (exact) mass is 205 g/mol. The van der Waals surface area contributed by atoms with Gasteiger partial charge in [0.1, 0.15) is 5.78 Å². The first-order valence-electron chi connectivity index (χ1n) is 4.73. The zero-order valence-corrected chi connectivity index (χ0v) is 10.1. The van der Waals surface area contributed by atoms with Gasteiger partial charge in [0.25, 0.3) is 0 Å². The Morgan fingerprint density at radius 2 is 1.57 bits per heavy atom. The molecule has 0 bridgehead atoms. The lowest BCUT2D eigenvalue weighted by Crippen LogP contribution is -2.08. The maximum atomic E-state index is 10.3. The number of amides is 1. The molecule has 0 aromatic heterocycles. The maximum Gasteiger partial charge on any atom is 0.404 e. The van der Waals surface area contributed by atoms with Gasteiger partial charge in [-0.1, -0.05) is 27.7 Å². The Morgan fingerprint density at radius 1 is 1.29 bits per heavy atom. The summed E-state index contributed by atoms with van der Waals surface area (Å²) in [6.45, 7) is 9.71. The van der Waals surface area contributed by atoms with Crippen molar-refractivity contribution in [3.05, 3.63) is 0 Å². The molecular formula is C10H23NO3. The minimum Gasteiger partial charge on any atom is -0.453 e. The Bertz CT molecular complexity index is 144. The minimum absolute atomic E-state index is 0.287. The molecule has 0 aliphatic carbocycles. The molecule has 0 aliphatic rings. The lowest BCUT2D eigenvalue weighted by Gasteiger charge is -1.95. The second-order valence-electron chi connectivity index (χ2n) is 2.82. The van der Waals surface area contributed by atoms with Crippen LogP contribution in [-0.4, -0.2) is 19.0 Å². The van der Waals surface area contributed by atoms with Crippen LogP contribution in [0.5, 0.6) is 0 Å². The van der Waals surface area contributed by atoms with Gasteiger partial charge in [-0.3, -0.25) is 0 Å². The summed E-state index contributed by atoms with van der Waals surface area (Å²) in [7, 11) is 1.22. The van der Waals surface area contributed by atoms with Gasteiger partial charge in [-0.05, 0) is 12.8 Å². The highest BCUT2D eigenvalue weighted by Crippen LogP contribution is 1.97. The van der Waals surface area contributed by atoms with Gasteiger partial charge < -0.3 is 15.3 Å². The third-order valence-corrected chi connectivity index (χ3v) is 0.897. The zero-order chi connectivity index (χ0) is 12.1. The molecule has 0 saturated carbocycles. The highest BCUT2D eigenvalue weighted by molar-refractivity contribution is 5.75. The number of ketones is 1. The minimum atomic E-state index is -0.745. The van der Waals surface area contributed by atoms with Gasteiger partial charge in [-0.2, -0.15) is 0 Å². The fourth-order valence-corrected chi connectivity index (χ4v) is 0.575. The van der Waals surface area contributed by atoms with E-state index in [1.165, 1.54) is 7.11 Å². The quantitative estimate of drug-likeness (QED) is 0.752. The summed E-state index contributed by atoms with van der Waals surface area (Å²) in [5.41, 5.74) is 4.43. The van der Waals surface area contributed by atoms with Crippen LogP contribution in [0.4, 0.5) is 4.79 Å². The topological polar surface area (TPSA) is 69.4 Å². The zero-order valence-electron chi connectivity index (χ0n) is 10.1. The molecule has 0 atom stereocenters. The number of primary amides is 1. The lowest BCUT2D eigenvalue weighted by molar-refractivity contribution is -0.117. The van der Waals surface area contributed by atoms with Crippen molar-refractivity contribution in [2.24, 2.45) is 11.7 Å². The van der Waals surface area contributed by atoms with Crippen molar-refractivity contribution in [3.63, 3.8) is 0 Å². The van der Waals surface area contributed by atoms with Crippen molar-refractivity contribution in [1.82, 2.24) is 0 Å². The van der Waals surface area contributed by atoms with Crippen molar-refractivity contribution in [2.75, 3.05) is 7.11 Å². The largest absolute Gasteiger partial charge is 0.453 e. The van der Waals surface area contributed by atoms with Crippen LogP contribution in [0, 0.1) is 5.92 Å². The fourth-order valence-electron chi connectivity index (χ4n) is 0.575. The molecule has 14 heavy (non-hydrogen) atoms. The molecule has 1 amide bonds. The van der Waals surface area contributed by atoms with Crippen molar-refractivity contribution in [1.29, 1.82) is 0 Å². The standard InChI is InChI=1S/C6H12O.C2H5NO2.C2H6/c1-5(2)4-6(3)7;1-5-2(3)4;1-2/h5H,4H2,1-3H3;1H3,(H2,3,4);1-2H3. The van der Waals surface area contributed by atoms with Crippen LogP contribution in [0.2, 0.25) is 0 Å². The van der Waals surface area contributed by atoms with E-state index in [4.69, 9.17) is 0 Å². The number of nitrogens with two attached hydrogens (primary N) is 1. The highest BCUT2D eigenvalue weighted by atomic mass is 16.5. The number of rotatable bonds is 2. The first-order chi connectivity index (χ1) is 6.40. The molecule has 0 heterocycles. The van der Waals surface area contributed by atoms with E-state index >= 15 is 0 Å². The summed E-state index contributed by atoms with van der Waals surface area (Å²) in [4.78, 5) is 19.6. The number of ether oxygens (including phenoxy) is 1. The van der Waals surface area contributed by atoms with Crippen LogP contribution < -0.4 is 5.73 Å². The Balaban J connectivity index is -0.000000152. The molecule has 0 saturated heterocycles. The van der Waals surface area contributed by atoms with Crippen molar-refractivity contribution >= 4 is 11.9 Å².